The van der Waals surface area contributed by atoms with Gasteiger partial charge in [-0.2, -0.15) is 0 Å². The molecule has 1 saturated heterocycles. The lowest BCUT2D eigenvalue weighted by Crippen LogP contribution is -2.37. The minimum Gasteiger partial charge on any atom is -0.317 e. The van der Waals surface area contributed by atoms with E-state index in [0.29, 0.717) is 10.8 Å². The Kier molecular flexibility index (Phi) is 2.82. The molecule has 0 unspecified atom stereocenters. The van der Waals surface area contributed by atoms with Crippen LogP contribution in [0.5, 0.6) is 0 Å². The summed E-state index contributed by atoms with van der Waals surface area (Å²) in [5.41, 5.74) is 1.09. The topological polar surface area (TPSA) is 12.0 Å². The molecule has 1 aliphatic rings. The van der Waals surface area contributed by atoms with Crippen LogP contribution >= 0.6 is 0 Å². The van der Waals surface area contributed by atoms with Crippen LogP contribution in [0.4, 0.5) is 0 Å². The first-order valence-corrected chi connectivity index (χ1v) is 5.12. The lowest BCUT2D eigenvalue weighted by molar-refractivity contribution is 0.143. The van der Waals surface area contributed by atoms with Gasteiger partial charge in [0.1, 0.15) is 0 Å². The highest BCUT2D eigenvalue weighted by Gasteiger charge is 2.30. The fourth-order valence-electron chi connectivity index (χ4n) is 2.49. The second-order valence-corrected chi connectivity index (χ2v) is 5.80. The van der Waals surface area contributed by atoms with Gasteiger partial charge in [0.25, 0.3) is 0 Å². The fraction of sp³-hybridized carbons (Fsp3) is 1.00. The Balaban J connectivity index is 2.47. The highest BCUT2D eigenvalue weighted by atomic mass is 14.9. The van der Waals surface area contributed by atoms with E-state index in [0.717, 1.165) is 0 Å². The van der Waals surface area contributed by atoms with Crippen molar-refractivity contribution in [2.45, 2.75) is 47.0 Å². The van der Waals surface area contributed by atoms with Gasteiger partial charge in [-0.25, -0.2) is 0 Å². The molecule has 0 aromatic carbocycles. The van der Waals surface area contributed by atoms with Crippen molar-refractivity contribution in [2.24, 2.45) is 10.8 Å². The molecule has 1 N–H and O–H groups in total. The van der Waals surface area contributed by atoms with Gasteiger partial charge in [0.2, 0.25) is 0 Å². The Morgan fingerprint density at radius 2 is 1.67 bits per heavy atom. The van der Waals surface area contributed by atoms with Crippen LogP contribution in [0.3, 0.4) is 0 Å². The van der Waals surface area contributed by atoms with Crippen molar-refractivity contribution < 1.29 is 0 Å². The molecule has 0 aromatic rings. The predicted octanol–water partition coefficient (Wildman–Crippen LogP) is 2.81. The molecular formula is C11H23N. The Bertz CT molecular complexity index is 138. The average molecular weight is 169 g/mol. The Hall–Kier alpha value is -0.0400. The summed E-state index contributed by atoms with van der Waals surface area (Å²) in [6.45, 7) is 11.9. The molecular weight excluding hydrogens is 146 g/mol. The molecule has 0 saturated carbocycles. The van der Waals surface area contributed by atoms with Crippen molar-refractivity contribution in [1.29, 1.82) is 0 Å². The van der Waals surface area contributed by atoms with E-state index in [9.17, 15) is 0 Å². The van der Waals surface area contributed by atoms with E-state index in [1.165, 1.54) is 32.4 Å². The minimum atomic E-state index is 0.492. The van der Waals surface area contributed by atoms with Crippen LogP contribution in [0.1, 0.15) is 47.0 Å². The molecule has 0 spiro atoms. The second kappa shape index (κ2) is 3.37. The summed E-state index contributed by atoms with van der Waals surface area (Å²) in [6.07, 6.45) is 4.07. The smallest absolute Gasteiger partial charge is 0.00437 e. The molecule has 0 aromatic heterocycles. The maximum absolute atomic E-state index is 3.43. The first-order valence-electron chi connectivity index (χ1n) is 5.12. The maximum atomic E-state index is 3.43. The summed E-state index contributed by atoms with van der Waals surface area (Å²) >= 11 is 0. The third kappa shape index (κ3) is 3.14. The first kappa shape index (κ1) is 10.0. The summed E-state index contributed by atoms with van der Waals surface area (Å²) in [5.74, 6) is 0. The monoisotopic (exact) mass is 169 g/mol. The Morgan fingerprint density at radius 1 is 1.17 bits per heavy atom. The van der Waals surface area contributed by atoms with Gasteiger partial charge in [-0.05, 0) is 43.2 Å². The summed E-state index contributed by atoms with van der Waals surface area (Å²) in [7, 11) is 0. The van der Waals surface area contributed by atoms with Crippen LogP contribution in [0.15, 0.2) is 0 Å². The third-order valence-corrected chi connectivity index (χ3v) is 2.77. The zero-order chi connectivity index (χ0) is 9.24. The molecule has 72 valence electrons. The summed E-state index contributed by atoms with van der Waals surface area (Å²) in [4.78, 5) is 0. The van der Waals surface area contributed by atoms with Gasteiger partial charge < -0.3 is 5.32 Å². The van der Waals surface area contributed by atoms with E-state index in [1.54, 1.807) is 0 Å². The standard InChI is InChI=1S/C11H23N/c1-10(2,3)9-11(4)5-7-12-8-6-11/h12H,5-9H2,1-4H3. The van der Waals surface area contributed by atoms with E-state index in [1.807, 2.05) is 0 Å². The van der Waals surface area contributed by atoms with E-state index < -0.39 is 0 Å². The number of rotatable bonds is 1. The zero-order valence-corrected chi connectivity index (χ0v) is 9.04. The quantitative estimate of drug-likeness (QED) is 0.636. The van der Waals surface area contributed by atoms with Crippen LogP contribution < -0.4 is 5.32 Å². The predicted molar refractivity (Wildman–Crippen MR) is 54.3 cm³/mol. The molecule has 0 amide bonds. The van der Waals surface area contributed by atoms with Gasteiger partial charge in [-0.1, -0.05) is 27.7 Å². The number of nitrogens with one attached hydrogen (secondary N) is 1. The van der Waals surface area contributed by atoms with E-state index in [-0.39, 0.29) is 0 Å². The van der Waals surface area contributed by atoms with Crippen LogP contribution in [0.2, 0.25) is 0 Å². The lowest BCUT2D eigenvalue weighted by atomic mass is 9.70. The van der Waals surface area contributed by atoms with Crippen LogP contribution in [-0.4, -0.2) is 13.1 Å². The molecule has 0 radical (unpaired) electrons. The maximum Gasteiger partial charge on any atom is -0.00437 e. The summed E-state index contributed by atoms with van der Waals surface area (Å²) < 4.78 is 0. The largest absolute Gasteiger partial charge is 0.317 e. The van der Waals surface area contributed by atoms with Crippen molar-refractivity contribution >= 4 is 0 Å². The summed E-state index contributed by atoms with van der Waals surface area (Å²) in [5, 5.41) is 3.43. The molecule has 0 aliphatic carbocycles. The van der Waals surface area contributed by atoms with Crippen molar-refractivity contribution in [2.75, 3.05) is 13.1 Å². The third-order valence-electron chi connectivity index (χ3n) is 2.77. The van der Waals surface area contributed by atoms with Crippen molar-refractivity contribution in [3.63, 3.8) is 0 Å². The Morgan fingerprint density at radius 3 is 2.08 bits per heavy atom. The molecule has 0 bridgehead atoms. The van der Waals surface area contributed by atoms with Gasteiger partial charge in [-0.15, -0.1) is 0 Å². The minimum absolute atomic E-state index is 0.492. The van der Waals surface area contributed by atoms with Crippen molar-refractivity contribution in [1.82, 2.24) is 5.32 Å². The molecule has 1 heteroatoms. The molecule has 12 heavy (non-hydrogen) atoms. The number of hydrogen-bond acceptors (Lipinski definition) is 1. The lowest BCUT2D eigenvalue weighted by Gasteiger charge is -2.39. The number of piperidine rings is 1. The van der Waals surface area contributed by atoms with Crippen LogP contribution in [0.25, 0.3) is 0 Å². The van der Waals surface area contributed by atoms with Gasteiger partial charge in [0.15, 0.2) is 0 Å². The highest BCUT2D eigenvalue weighted by Crippen LogP contribution is 2.39. The highest BCUT2D eigenvalue weighted by molar-refractivity contribution is 4.84. The zero-order valence-electron chi connectivity index (χ0n) is 9.04. The SMILES string of the molecule is CC(C)(C)CC1(C)CCNCC1. The van der Waals surface area contributed by atoms with Gasteiger partial charge in [0, 0.05) is 0 Å². The molecule has 1 nitrogen and oxygen atoms in total. The fourth-order valence-corrected chi connectivity index (χ4v) is 2.49. The molecule has 0 atom stereocenters. The summed E-state index contributed by atoms with van der Waals surface area (Å²) in [6, 6.07) is 0. The van der Waals surface area contributed by atoms with Crippen molar-refractivity contribution in [3.8, 4) is 0 Å². The van der Waals surface area contributed by atoms with Crippen LogP contribution in [0, 0.1) is 10.8 Å². The molecule has 1 aliphatic heterocycles. The van der Waals surface area contributed by atoms with Crippen molar-refractivity contribution in [3.05, 3.63) is 0 Å². The molecule has 1 fully saturated rings. The number of hydrogen-bond donors (Lipinski definition) is 1. The van der Waals surface area contributed by atoms with Gasteiger partial charge >= 0.3 is 0 Å². The second-order valence-electron chi connectivity index (χ2n) is 5.80. The van der Waals surface area contributed by atoms with Gasteiger partial charge in [0.05, 0.1) is 0 Å². The van der Waals surface area contributed by atoms with E-state index >= 15 is 0 Å². The average Bonchev–Trinajstić information content (AvgIpc) is 1.83. The molecule has 1 heterocycles. The first-order chi connectivity index (χ1) is 5.41. The normalized spacial score (nSPS) is 24.0. The Labute approximate surface area is 76.9 Å². The van der Waals surface area contributed by atoms with Crippen LogP contribution in [-0.2, 0) is 0 Å². The molecule has 1 rings (SSSR count). The van der Waals surface area contributed by atoms with E-state index in [4.69, 9.17) is 0 Å². The van der Waals surface area contributed by atoms with E-state index in [2.05, 4.69) is 33.0 Å². The van der Waals surface area contributed by atoms with Gasteiger partial charge in [-0.3, -0.25) is 0 Å².